The SMILES string of the molecule is O=C(c1ncoc1C1CC1)N1CCCc2n[nH]nc21. The third-order valence-corrected chi connectivity index (χ3v) is 3.64. The minimum Gasteiger partial charge on any atom is -0.447 e. The lowest BCUT2D eigenvalue weighted by molar-refractivity contribution is 0.0978. The van der Waals surface area contributed by atoms with Crippen molar-refractivity contribution in [2.24, 2.45) is 0 Å². The molecule has 4 rings (SSSR count). The fourth-order valence-corrected chi connectivity index (χ4v) is 2.52. The Balaban J connectivity index is 1.70. The number of carbonyl (C=O) groups is 1. The number of aryl methyl sites for hydroxylation is 1. The van der Waals surface area contributed by atoms with E-state index >= 15 is 0 Å². The molecule has 0 bridgehead atoms. The molecule has 7 nitrogen and oxygen atoms in total. The minimum atomic E-state index is -0.134. The van der Waals surface area contributed by atoms with Gasteiger partial charge in [0.25, 0.3) is 5.91 Å². The maximum Gasteiger partial charge on any atom is 0.281 e. The molecule has 2 aromatic rings. The van der Waals surface area contributed by atoms with E-state index in [-0.39, 0.29) is 5.91 Å². The topological polar surface area (TPSA) is 87.9 Å². The van der Waals surface area contributed by atoms with Crippen LogP contribution in [-0.2, 0) is 6.42 Å². The molecule has 7 heteroatoms. The van der Waals surface area contributed by atoms with Crippen LogP contribution in [0.4, 0.5) is 5.82 Å². The highest BCUT2D eigenvalue weighted by Gasteiger charge is 2.36. The number of aromatic amines is 1. The number of rotatable bonds is 2. The van der Waals surface area contributed by atoms with Gasteiger partial charge in [-0.15, -0.1) is 5.10 Å². The first-order valence-electron chi connectivity index (χ1n) is 6.49. The van der Waals surface area contributed by atoms with E-state index in [2.05, 4.69) is 20.4 Å². The highest BCUT2D eigenvalue weighted by atomic mass is 16.3. The average Bonchev–Trinajstić information content (AvgIpc) is 2.98. The summed E-state index contributed by atoms with van der Waals surface area (Å²) in [5.74, 6) is 1.58. The van der Waals surface area contributed by atoms with Crippen molar-refractivity contribution in [1.82, 2.24) is 20.4 Å². The number of carbonyl (C=O) groups excluding carboxylic acids is 1. The maximum atomic E-state index is 12.6. The summed E-state index contributed by atoms with van der Waals surface area (Å²) in [5.41, 5.74) is 1.27. The van der Waals surface area contributed by atoms with E-state index in [1.165, 1.54) is 6.39 Å². The summed E-state index contributed by atoms with van der Waals surface area (Å²) in [5, 5.41) is 10.7. The van der Waals surface area contributed by atoms with Gasteiger partial charge in [0.1, 0.15) is 11.5 Å². The maximum absolute atomic E-state index is 12.6. The molecule has 19 heavy (non-hydrogen) atoms. The Labute approximate surface area is 109 Å². The standard InChI is InChI=1S/C12H13N5O2/c18-12(9-10(7-3-4-7)19-6-13-9)17-5-1-2-8-11(17)15-16-14-8/h6-7H,1-5H2,(H,14,15,16). The van der Waals surface area contributed by atoms with Crippen molar-refractivity contribution in [1.29, 1.82) is 0 Å². The van der Waals surface area contributed by atoms with Crippen LogP contribution in [0.25, 0.3) is 0 Å². The first-order valence-corrected chi connectivity index (χ1v) is 6.49. The quantitative estimate of drug-likeness (QED) is 0.877. The Hall–Kier alpha value is -2.18. The normalized spacial score (nSPS) is 18.4. The van der Waals surface area contributed by atoms with Gasteiger partial charge in [-0.25, -0.2) is 4.98 Å². The van der Waals surface area contributed by atoms with Crippen LogP contribution in [0.3, 0.4) is 0 Å². The fraction of sp³-hybridized carbons (Fsp3) is 0.500. The summed E-state index contributed by atoms with van der Waals surface area (Å²) in [6, 6.07) is 0. The third-order valence-electron chi connectivity index (χ3n) is 3.64. The molecule has 0 spiro atoms. The van der Waals surface area contributed by atoms with Crippen LogP contribution in [0.15, 0.2) is 10.8 Å². The van der Waals surface area contributed by atoms with Gasteiger partial charge in [-0.1, -0.05) is 0 Å². The number of oxazole rings is 1. The molecule has 1 saturated carbocycles. The first kappa shape index (κ1) is 10.7. The Morgan fingerprint density at radius 3 is 3.16 bits per heavy atom. The van der Waals surface area contributed by atoms with Crippen molar-refractivity contribution in [3.8, 4) is 0 Å². The molecule has 0 saturated heterocycles. The van der Waals surface area contributed by atoms with Crippen molar-refractivity contribution < 1.29 is 9.21 Å². The second-order valence-electron chi connectivity index (χ2n) is 4.99. The largest absolute Gasteiger partial charge is 0.447 e. The molecule has 1 fully saturated rings. The number of hydrogen-bond acceptors (Lipinski definition) is 5. The molecule has 0 atom stereocenters. The van der Waals surface area contributed by atoms with Gasteiger partial charge < -0.3 is 4.42 Å². The van der Waals surface area contributed by atoms with Gasteiger partial charge in [-0.05, 0) is 25.7 Å². The van der Waals surface area contributed by atoms with E-state index in [1.807, 2.05) is 0 Å². The number of anilines is 1. The van der Waals surface area contributed by atoms with Crippen LogP contribution < -0.4 is 4.90 Å². The summed E-state index contributed by atoms with van der Waals surface area (Å²) >= 11 is 0. The Bertz CT molecular complexity index is 628. The van der Waals surface area contributed by atoms with Gasteiger partial charge in [0.15, 0.2) is 17.9 Å². The van der Waals surface area contributed by atoms with Gasteiger partial charge >= 0.3 is 0 Å². The van der Waals surface area contributed by atoms with Gasteiger partial charge in [-0.2, -0.15) is 10.3 Å². The number of nitrogens with zero attached hydrogens (tertiary/aromatic N) is 4. The Morgan fingerprint density at radius 2 is 2.32 bits per heavy atom. The lowest BCUT2D eigenvalue weighted by atomic mass is 10.1. The third kappa shape index (κ3) is 1.65. The summed E-state index contributed by atoms with van der Waals surface area (Å²) in [6.45, 7) is 0.648. The molecule has 98 valence electrons. The molecule has 1 aliphatic heterocycles. The van der Waals surface area contributed by atoms with E-state index in [0.29, 0.717) is 24.0 Å². The molecular weight excluding hydrogens is 246 g/mol. The molecule has 1 N–H and O–H groups in total. The Kier molecular flexibility index (Phi) is 2.20. The summed E-state index contributed by atoms with van der Waals surface area (Å²) < 4.78 is 5.37. The van der Waals surface area contributed by atoms with Crippen molar-refractivity contribution in [2.75, 3.05) is 11.4 Å². The fourth-order valence-electron chi connectivity index (χ4n) is 2.52. The van der Waals surface area contributed by atoms with Gasteiger partial charge in [-0.3, -0.25) is 9.69 Å². The zero-order valence-corrected chi connectivity index (χ0v) is 10.3. The molecular formula is C12H13N5O2. The number of hydrogen-bond donors (Lipinski definition) is 1. The highest BCUT2D eigenvalue weighted by molar-refractivity contribution is 6.05. The Morgan fingerprint density at radius 1 is 1.42 bits per heavy atom. The van der Waals surface area contributed by atoms with Crippen LogP contribution in [-0.4, -0.2) is 32.8 Å². The molecule has 0 unspecified atom stereocenters. The van der Waals surface area contributed by atoms with Crippen LogP contribution in [0.2, 0.25) is 0 Å². The average molecular weight is 259 g/mol. The predicted molar refractivity (Wildman–Crippen MR) is 64.9 cm³/mol. The monoisotopic (exact) mass is 259 g/mol. The minimum absolute atomic E-state index is 0.134. The lowest BCUT2D eigenvalue weighted by Crippen LogP contribution is -2.36. The van der Waals surface area contributed by atoms with Crippen molar-refractivity contribution in [3.05, 3.63) is 23.5 Å². The van der Waals surface area contributed by atoms with Crippen LogP contribution in [0, 0.1) is 0 Å². The molecule has 1 aliphatic carbocycles. The smallest absolute Gasteiger partial charge is 0.281 e. The van der Waals surface area contributed by atoms with E-state index in [1.54, 1.807) is 4.90 Å². The second kappa shape index (κ2) is 3.91. The summed E-state index contributed by atoms with van der Waals surface area (Å²) in [4.78, 5) is 18.3. The van der Waals surface area contributed by atoms with Crippen LogP contribution in [0.5, 0.6) is 0 Å². The van der Waals surface area contributed by atoms with Gasteiger partial charge in [0, 0.05) is 12.5 Å². The zero-order valence-electron chi connectivity index (χ0n) is 10.3. The molecule has 2 aliphatic rings. The van der Waals surface area contributed by atoms with Crippen molar-refractivity contribution in [2.45, 2.75) is 31.6 Å². The zero-order chi connectivity index (χ0) is 12.8. The number of aromatic nitrogens is 4. The number of H-pyrrole nitrogens is 1. The molecule has 0 radical (unpaired) electrons. The molecule has 1 amide bonds. The van der Waals surface area contributed by atoms with E-state index in [0.717, 1.165) is 37.1 Å². The first-order chi connectivity index (χ1) is 9.34. The lowest BCUT2D eigenvalue weighted by Gasteiger charge is -2.23. The van der Waals surface area contributed by atoms with Gasteiger partial charge in [0.05, 0.1) is 0 Å². The van der Waals surface area contributed by atoms with Crippen LogP contribution in [0.1, 0.15) is 47.1 Å². The number of fused-ring (bicyclic) bond motifs is 1. The van der Waals surface area contributed by atoms with Crippen molar-refractivity contribution >= 4 is 11.7 Å². The molecule has 0 aromatic carbocycles. The molecule has 3 heterocycles. The predicted octanol–water partition coefficient (Wildman–Crippen LogP) is 1.26. The van der Waals surface area contributed by atoms with E-state index in [9.17, 15) is 4.79 Å². The molecule has 2 aromatic heterocycles. The number of nitrogens with one attached hydrogen (secondary N) is 1. The van der Waals surface area contributed by atoms with Crippen molar-refractivity contribution in [3.63, 3.8) is 0 Å². The number of amides is 1. The second-order valence-corrected chi connectivity index (χ2v) is 4.99. The summed E-state index contributed by atoms with van der Waals surface area (Å²) in [6.07, 6.45) is 5.25. The van der Waals surface area contributed by atoms with E-state index < -0.39 is 0 Å². The summed E-state index contributed by atoms with van der Waals surface area (Å²) in [7, 11) is 0. The highest BCUT2D eigenvalue weighted by Crippen LogP contribution is 2.42. The van der Waals surface area contributed by atoms with Crippen LogP contribution >= 0.6 is 0 Å². The van der Waals surface area contributed by atoms with Gasteiger partial charge in [0.2, 0.25) is 0 Å². The van der Waals surface area contributed by atoms with E-state index in [4.69, 9.17) is 4.42 Å².